The van der Waals surface area contributed by atoms with Gasteiger partial charge in [-0.15, -0.1) is 0 Å². The number of hydrogen-bond donors (Lipinski definition) is 1. The van der Waals surface area contributed by atoms with Crippen molar-refractivity contribution < 1.29 is 9.59 Å². The molecule has 0 saturated carbocycles. The number of imide groups is 1. The molecule has 0 radical (unpaired) electrons. The molecule has 0 atom stereocenters. The van der Waals surface area contributed by atoms with Crippen LogP contribution in [0.3, 0.4) is 0 Å². The summed E-state index contributed by atoms with van der Waals surface area (Å²) in [5.74, 6) is -0.206. The fraction of sp³-hybridized carbons (Fsp3) is 0.417. The van der Waals surface area contributed by atoms with E-state index in [2.05, 4.69) is 17.2 Å². The lowest BCUT2D eigenvalue weighted by Gasteiger charge is -2.26. The summed E-state index contributed by atoms with van der Waals surface area (Å²) in [6.07, 6.45) is 2.97. The average molecular weight is 233 g/mol. The summed E-state index contributed by atoms with van der Waals surface area (Å²) in [5, 5.41) is 2.31. The van der Waals surface area contributed by atoms with Crippen molar-refractivity contribution in [3.05, 3.63) is 29.6 Å². The van der Waals surface area contributed by atoms with Crippen LogP contribution in [-0.2, 0) is 17.8 Å². The van der Waals surface area contributed by atoms with Crippen LogP contribution < -0.4 is 5.32 Å². The van der Waals surface area contributed by atoms with Gasteiger partial charge >= 0.3 is 6.03 Å². The van der Waals surface area contributed by atoms with Crippen molar-refractivity contribution in [3.63, 3.8) is 0 Å². The Labute approximate surface area is 99.8 Å². The molecule has 1 aromatic rings. The van der Waals surface area contributed by atoms with Crippen LogP contribution in [0, 0.1) is 0 Å². The lowest BCUT2D eigenvalue weighted by Crippen LogP contribution is -2.49. The van der Waals surface area contributed by atoms with Crippen LogP contribution in [0.4, 0.5) is 4.79 Å². The number of aromatic nitrogens is 1. The second kappa shape index (κ2) is 4.95. The summed E-state index contributed by atoms with van der Waals surface area (Å²) in [6, 6.07) is 3.58. The first-order valence-corrected chi connectivity index (χ1v) is 5.72. The lowest BCUT2D eigenvalue weighted by atomic mass is 10.1. The average Bonchev–Trinajstić information content (AvgIpc) is 2.33. The van der Waals surface area contributed by atoms with Crippen LogP contribution in [0.15, 0.2) is 18.3 Å². The zero-order valence-electron chi connectivity index (χ0n) is 9.77. The molecule has 2 heterocycles. The molecule has 0 spiro atoms. The highest BCUT2D eigenvalue weighted by Gasteiger charge is 2.23. The Bertz CT molecular complexity index is 445. The number of rotatable bonds is 3. The summed E-state index contributed by atoms with van der Waals surface area (Å²) < 4.78 is 0. The predicted molar refractivity (Wildman–Crippen MR) is 62.2 cm³/mol. The fourth-order valence-electron chi connectivity index (χ4n) is 1.87. The van der Waals surface area contributed by atoms with Gasteiger partial charge in [-0.05, 0) is 18.1 Å². The van der Waals surface area contributed by atoms with Crippen LogP contribution >= 0.6 is 0 Å². The lowest BCUT2D eigenvalue weighted by molar-refractivity contribution is -0.121. The molecule has 1 fully saturated rings. The Morgan fingerprint density at radius 1 is 1.47 bits per heavy atom. The Morgan fingerprint density at radius 3 is 3.00 bits per heavy atom. The van der Waals surface area contributed by atoms with Gasteiger partial charge in [0.05, 0.1) is 12.2 Å². The van der Waals surface area contributed by atoms with Crippen molar-refractivity contribution in [3.8, 4) is 0 Å². The van der Waals surface area contributed by atoms with Gasteiger partial charge in [-0.2, -0.15) is 0 Å². The molecule has 0 aromatic carbocycles. The normalized spacial score (nSPS) is 15.9. The summed E-state index contributed by atoms with van der Waals surface area (Å²) in [4.78, 5) is 28.5. The number of carbonyl (C=O) groups is 2. The SMILES string of the molecule is CCc1cccnc1CN1CCC(=O)NC1=O. The Morgan fingerprint density at radius 2 is 2.29 bits per heavy atom. The van der Waals surface area contributed by atoms with E-state index in [0.717, 1.165) is 17.7 Å². The van der Waals surface area contributed by atoms with E-state index in [0.29, 0.717) is 19.5 Å². The van der Waals surface area contributed by atoms with Gasteiger partial charge in [0, 0.05) is 19.2 Å². The number of hydrogen-bond acceptors (Lipinski definition) is 3. The van der Waals surface area contributed by atoms with Crippen LogP contribution in [0.5, 0.6) is 0 Å². The maximum absolute atomic E-state index is 11.6. The number of aryl methyl sites for hydroxylation is 1. The van der Waals surface area contributed by atoms with E-state index in [4.69, 9.17) is 0 Å². The van der Waals surface area contributed by atoms with E-state index in [1.165, 1.54) is 0 Å². The second-order valence-corrected chi connectivity index (χ2v) is 3.99. The molecule has 0 bridgehead atoms. The largest absolute Gasteiger partial charge is 0.324 e. The van der Waals surface area contributed by atoms with Gasteiger partial charge in [0.2, 0.25) is 5.91 Å². The maximum Gasteiger partial charge on any atom is 0.324 e. The Balaban J connectivity index is 2.10. The Kier molecular flexibility index (Phi) is 3.37. The molecule has 17 heavy (non-hydrogen) atoms. The molecule has 1 aliphatic rings. The van der Waals surface area contributed by atoms with Crippen molar-refractivity contribution in [1.29, 1.82) is 0 Å². The van der Waals surface area contributed by atoms with E-state index in [1.54, 1.807) is 11.1 Å². The standard InChI is InChI=1S/C12H15N3O2/c1-2-9-4-3-6-13-10(9)8-15-7-5-11(16)14-12(15)17/h3-4,6H,2,5,7-8H2,1H3,(H,14,16,17). The first-order valence-electron chi connectivity index (χ1n) is 5.72. The monoisotopic (exact) mass is 233 g/mol. The summed E-state index contributed by atoms with van der Waals surface area (Å²) in [5.41, 5.74) is 2.04. The molecule has 1 N–H and O–H groups in total. The smallest absolute Gasteiger partial charge is 0.318 e. The topological polar surface area (TPSA) is 62.3 Å². The number of nitrogens with one attached hydrogen (secondary N) is 1. The molecule has 0 unspecified atom stereocenters. The first kappa shape index (κ1) is 11.6. The molecule has 1 aliphatic heterocycles. The molecule has 1 aromatic heterocycles. The number of urea groups is 1. The van der Waals surface area contributed by atoms with Gasteiger partial charge in [0.15, 0.2) is 0 Å². The maximum atomic E-state index is 11.6. The number of pyridine rings is 1. The van der Waals surface area contributed by atoms with Gasteiger partial charge in [0.1, 0.15) is 0 Å². The van der Waals surface area contributed by atoms with Gasteiger partial charge in [-0.3, -0.25) is 15.1 Å². The van der Waals surface area contributed by atoms with Crippen molar-refractivity contribution in [2.45, 2.75) is 26.3 Å². The third kappa shape index (κ3) is 2.61. The minimum absolute atomic E-state index is 0.206. The first-order chi connectivity index (χ1) is 8.20. The molecular formula is C12H15N3O2. The van der Waals surface area contributed by atoms with Crippen LogP contribution in [0.25, 0.3) is 0 Å². The van der Waals surface area contributed by atoms with Crippen molar-refractivity contribution in [2.75, 3.05) is 6.54 Å². The van der Waals surface area contributed by atoms with Gasteiger partial charge in [-0.1, -0.05) is 13.0 Å². The number of carbonyl (C=O) groups excluding carboxylic acids is 2. The molecule has 1 saturated heterocycles. The van der Waals surface area contributed by atoms with E-state index < -0.39 is 0 Å². The summed E-state index contributed by atoms with van der Waals surface area (Å²) in [6.45, 7) is 2.98. The summed E-state index contributed by atoms with van der Waals surface area (Å²) >= 11 is 0. The van der Waals surface area contributed by atoms with Gasteiger partial charge in [0.25, 0.3) is 0 Å². The predicted octanol–water partition coefficient (Wildman–Crippen LogP) is 1.09. The Hall–Kier alpha value is -1.91. The third-order valence-electron chi connectivity index (χ3n) is 2.85. The molecular weight excluding hydrogens is 218 g/mol. The molecule has 0 aliphatic carbocycles. The molecule has 90 valence electrons. The molecule has 5 nitrogen and oxygen atoms in total. The molecule has 5 heteroatoms. The van der Waals surface area contributed by atoms with Crippen molar-refractivity contribution in [1.82, 2.24) is 15.2 Å². The quantitative estimate of drug-likeness (QED) is 0.850. The van der Waals surface area contributed by atoms with E-state index in [-0.39, 0.29) is 11.9 Å². The zero-order valence-corrected chi connectivity index (χ0v) is 9.77. The van der Waals surface area contributed by atoms with E-state index >= 15 is 0 Å². The second-order valence-electron chi connectivity index (χ2n) is 3.99. The van der Waals surface area contributed by atoms with Gasteiger partial charge in [-0.25, -0.2) is 4.79 Å². The van der Waals surface area contributed by atoms with Crippen molar-refractivity contribution >= 4 is 11.9 Å². The summed E-state index contributed by atoms with van der Waals surface area (Å²) in [7, 11) is 0. The zero-order chi connectivity index (χ0) is 12.3. The van der Waals surface area contributed by atoms with Crippen molar-refractivity contribution in [2.24, 2.45) is 0 Å². The minimum Gasteiger partial charge on any atom is -0.318 e. The number of amides is 3. The highest BCUT2D eigenvalue weighted by atomic mass is 16.2. The fourth-order valence-corrected chi connectivity index (χ4v) is 1.87. The third-order valence-corrected chi connectivity index (χ3v) is 2.85. The van der Waals surface area contributed by atoms with E-state index in [9.17, 15) is 9.59 Å². The minimum atomic E-state index is -0.325. The highest BCUT2D eigenvalue weighted by molar-refractivity contribution is 5.96. The van der Waals surface area contributed by atoms with E-state index in [1.807, 2.05) is 12.1 Å². The highest BCUT2D eigenvalue weighted by Crippen LogP contribution is 2.11. The van der Waals surface area contributed by atoms with Crippen LogP contribution in [-0.4, -0.2) is 28.4 Å². The van der Waals surface area contributed by atoms with Crippen LogP contribution in [0.2, 0.25) is 0 Å². The number of nitrogens with zero attached hydrogens (tertiary/aromatic N) is 2. The molecule has 3 amide bonds. The van der Waals surface area contributed by atoms with Gasteiger partial charge < -0.3 is 4.90 Å². The molecule has 2 rings (SSSR count). The van der Waals surface area contributed by atoms with Crippen LogP contribution in [0.1, 0.15) is 24.6 Å².